The average Bonchev–Trinajstić information content (AvgIpc) is 2.85. The number of methoxy groups -OCH3 is 1. The lowest BCUT2D eigenvalue weighted by Gasteiger charge is -2.17. The molecule has 0 aromatic heterocycles. The maximum absolute atomic E-state index is 10.5. The summed E-state index contributed by atoms with van der Waals surface area (Å²) in [5, 5.41) is 8.67. The second-order valence-corrected chi connectivity index (χ2v) is 5.52. The minimum absolute atomic E-state index is 0.189. The Bertz CT molecular complexity index is 489. The quantitative estimate of drug-likeness (QED) is 0.835. The molecule has 1 aromatic rings. The molecule has 1 saturated heterocycles. The number of aliphatic carboxylic acids is 1. The molecule has 1 aliphatic heterocycles. The van der Waals surface area contributed by atoms with Gasteiger partial charge in [-0.25, -0.2) is 0 Å². The summed E-state index contributed by atoms with van der Waals surface area (Å²) in [5.74, 6) is 0.726. The third kappa shape index (κ3) is 4.63. The smallest absolute Gasteiger partial charge is 0.303 e. The highest BCUT2D eigenvalue weighted by atomic mass is 16.5. The van der Waals surface area contributed by atoms with Crippen LogP contribution in [0, 0.1) is 0 Å². The molecular weight excluding hydrogens is 270 g/mol. The lowest BCUT2D eigenvalue weighted by atomic mass is 10.1. The number of carbonyl (C=O) groups is 1. The van der Waals surface area contributed by atoms with E-state index in [1.54, 1.807) is 7.11 Å². The van der Waals surface area contributed by atoms with E-state index in [1.807, 2.05) is 18.2 Å². The van der Waals surface area contributed by atoms with Crippen LogP contribution in [0.1, 0.15) is 24.8 Å². The van der Waals surface area contributed by atoms with Crippen molar-refractivity contribution in [1.29, 1.82) is 0 Å². The van der Waals surface area contributed by atoms with Gasteiger partial charge in [-0.2, -0.15) is 0 Å². The van der Waals surface area contributed by atoms with E-state index in [1.165, 1.54) is 0 Å². The van der Waals surface area contributed by atoms with Crippen molar-refractivity contribution >= 4 is 5.97 Å². The molecule has 0 radical (unpaired) electrons. The third-order valence-electron chi connectivity index (χ3n) is 3.73. The summed E-state index contributed by atoms with van der Waals surface area (Å²) in [6.07, 6.45) is 2.79. The molecule has 0 saturated carbocycles. The minimum atomic E-state index is -0.757. The van der Waals surface area contributed by atoms with Crippen molar-refractivity contribution < 1.29 is 19.4 Å². The number of carboxylic acid groups (broad SMARTS) is 1. The predicted molar refractivity (Wildman–Crippen MR) is 80.1 cm³/mol. The zero-order valence-corrected chi connectivity index (χ0v) is 12.7. The lowest BCUT2D eigenvalue weighted by molar-refractivity contribution is -0.137. The molecule has 5 nitrogen and oxygen atoms in total. The Labute approximate surface area is 125 Å². The summed E-state index contributed by atoms with van der Waals surface area (Å²) in [4.78, 5) is 12.8. The van der Waals surface area contributed by atoms with Crippen LogP contribution in [0.5, 0.6) is 11.5 Å². The van der Waals surface area contributed by atoms with Crippen molar-refractivity contribution in [3.05, 3.63) is 23.8 Å². The summed E-state index contributed by atoms with van der Waals surface area (Å²) in [6, 6.07) is 5.85. The first kappa shape index (κ1) is 15.6. The molecule has 0 aliphatic carbocycles. The molecule has 116 valence electrons. The van der Waals surface area contributed by atoms with Crippen LogP contribution in [0.4, 0.5) is 0 Å². The van der Waals surface area contributed by atoms with E-state index in [9.17, 15) is 4.79 Å². The van der Waals surface area contributed by atoms with Crippen LogP contribution in [0.15, 0.2) is 18.2 Å². The molecule has 1 aromatic carbocycles. The fourth-order valence-electron chi connectivity index (χ4n) is 2.58. The maximum atomic E-state index is 10.5. The number of nitrogens with zero attached hydrogens (tertiary/aromatic N) is 1. The third-order valence-corrected chi connectivity index (χ3v) is 3.73. The van der Waals surface area contributed by atoms with E-state index in [4.69, 9.17) is 14.6 Å². The van der Waals surface area contributed by atoms with Gasteiger partial charge in [-0.1, -0.05) is 6.07 Å². The van der Waals surface area contributed by atoms with Crippen LogP contribution in [-0.2, 0) is 11.2 Å². The molecule has 21 heavy (non-hydrogen) atoms. The number of likely N-dealkylation sites (N-methyl/N-ethyl adjacent to an activating group) is 1. The van der Waals surface area contributed by atoms with E-state index >= 15 is 0 Å². The van der Waals surface area contributed by atoms with Gasteiger partial charge >= 0.3 is 5.97 Å². The van der Waals surface area contributed by atoms with Gasteiger partial charge in [-0.3, -0.25) is 4.79 Å². The average molecular weight is 293 g/mol. The number of aryl methyl sites for hydroxylation is 1. The summed E-state index contributed by atoms with van der Waals surface area (Å²) in [5.41, 5.74) is 1.07. The van der Waals surface area contributed by atoms with Crippen LogP contribution >= 0.6 is 0 Å². The normalized spacial score (nSPS) is 18.7. The largest absolute Gasteiger partial charge is 0.493 e. The Morgan fingerprint density at radius 2 is 2.24 bits per heavy atom. The van der Waals surface area contributed by atoms with E-state index in [0.29, 0.717) is 6.42 Å². The molecule has 0 amide bonds. The summed E-state index contributed by atoms with van der Waals surface area (Å²) in [6.45, 7) is 1.99. The molecule has 1 atom stereocenters. The van der Waals surface area contributed by atoms with Gasteiger partial charge in [0.05, 0.1) is 7.11 Å². The molecule has 5 heteroatoms. The Balaban J connectivity index is 1.97. The van der Waals surface area contributed by atoms with Gasteiger partial charge in [0.1, 0.15) is 6.10 Å². The number of likely N-dealkylation sites (tertiary alicyclic amines) is 1. The second kappa shape index (κ2) is 7.31. The highest BCUT2D eigenvalue weighted by Crippen LogP contribution is 2.30. The second-order valence-electron chi connectivity index (χ2n) is 5.52. The van der Waals surface area contributed by atoms with Crippen LogP contribution in [-0.4, -0.2) is 49.3 Å². The molecule has 1 unspecified atom stereocenters. The zero-order chi connectivity index (χ0) is 15.2. The lowest BCUT2D eigenvalue weighted by Crippen LogP contribution is -2.21. The number of hydrogen-bond donors (Lipinski definition) is 1. The van der Waals surface area contributed by atoms with Gasteiger partial charge in [0.15, 0.2) is 11.5 Å². The Hall–Kier alpha value is -1.75. The van der Waals surface area contributed by atoms with E-state index in [0.717, 1.165) is 43.0 Å². The first-order chi connectivity index (χ1) is 10.1. The monoisotopic (exact) mass is 293 g/mol. The van der Waals surface area contributed by atoms with Gasteiger partial charge in [0.25, 0.3) is 0 Å². The highest BCUT2D eigenvalue weighted by molar-refractivity contribution is 5.66. The Morgan fingerprint density at radius 1 is 1.43 bits per heavy atom. The van der Waals surface area contributed by atoms with E-state index in [2.05, 4.69) is 11.9 Å². The number of hydrogen-bond acceptors (Lipinski definition) is 4. The van der Waals surface area contributed by atoms with Gasteiger partial charge in [-0.15, -0.1) is 0 Å². The Kier molecular flexibility index (Phi) is 5.44. The van der Waals surface area contributed by atoms with Crippen molar-refractivity contribution in [1.82, 2.24) is 4.90 Å². The maximum Gasteiger partial charge on any atom is 0.303 e. The van der Waals surface area contributed by atoms with Crippen molar-refractivity contribution in [3.63, 3.8) is 0 Å². The fourth-order valence-corrected chi connectivity index (χ4v) is 2.58. The minimum Gasteiger partial charge on any atom is -0.493 e. The van der Waals surface area contributed by atoms with Crippen LogP contribution < -0.4 is 9.47 Å². The molecule has 1 aliphatic rings. The summed E-state index contributed by atoms with van der Waals surface area (Å²) in [7, 11) is 3.72. The summed E-state index contributed by atoms with van der Waals surface area (Å²) >= 11 is 0. The van der Waals surface area contributed by atoms with Crippen molar-refractivity contribution in [2.24, 2.45) is 0 Å². The van der Waals surface area contributed by atoms with E-state index in [-0.39, 0.29) is 12.5 Å². The molecule has 1 heterocycles. The van der Waals surface area contributed by atoms with Crippen LogP contribution in [0.3, 0.4) is 0 Å². The molecular formula is C16H23NO4. The number of ether oxygens (including phenoxy) is 2. The highest BCUT2D eigenvalue weighted by Gasteiger charge is 2.22. The molecule has 0 spiro atoms. The molecule has 1 fully saturated rings. The Morgan fingerprint density at radius 3 is 2.86 bits per heavy atom. The number of rotatable bonds is 7. The van der Waals surface area contributed by atoms with Gasteiger partial charge in [-0.05, 0) is 44.0 Å². The standard InChI is InChI=1S/C16H23NO4/c1-17-9-8-13(11-17)21-14-7-6-12(10-15(14)20-2)4-3-5-16(18)19/h6-7,10,13H,3-5,8-9,11H2,1-2H3,(H,18,19). The van der Waals surface area contributed by atoms with Crippen LogP contribution in [0.25, 0.3) is 0 Å². The fraction of sp³-hybridized carbons (Fsp3) is 0.562. The van der Waals surface area contributed by atoms with Gasteiger partial charge < -0.3 is 19.5 Å². The van der Waals surface area contributed by atoms with Crippen LogP contribution in [0.2, 0.25) is 0 Å². The van der Waals surface area contributed by atoms with Gasteiger partial charge in [0, 0.05) is 19.5 Å². The molecule has 0 bridgehead atoms. The van der Waals surface area contributed by atoms with Crippen molar-refractivity contribution in [3.8, 4) is 11.5 Å². The summed E-state index contributed by atoms with van der Waals surface area (Å²) < 4.78 is 11.4. The first-order valence-electron chi connectivity index (χ1n) is 7.32. The number of benzene rings is 1. The zero-order valence-electron chi connectivity index (χ0n) is 12.7. The van der Waals surface area contributed by atoms with Crippen molar-refractivity contribution in [2.45, 2.75) is 31.8 Å². The first-order valence-corrected chi connectivity index (χ1v) is 7.32. The van der Waals surface area contributed by atoms with E-state index < -0.39 is 5.97 Å². The topological polar surface area (TPSA) is 59.0 Å². The van der Waals surface area contributed by atoms with Gasteiger partial charge in [0.2, 0.25) is 0 Å². The molecule has 1 N–H and O–H groups in total. The molecule has 2 rings (SSSR count). The predicted octanol–water partition coefficient (Wildman–Crippen LogP) is 2.19. The number of carboxylic acids is 1. The SMILES string of the molecule is COc1cc(CCCC(=O)O)ccc1OC1CCN(C)C1. The van der Waals surface area contributed by atoms with Crippen molar-refractivity contribution in [2.75, 3.05) is 27.2 Å².